The molecule has 0 saturated carbocycles. The van der Waals surface area contributed by atoms with E-state index < -0.39 is 33.4 Å². The van der Waals surface area contributed by atoms with Gasteiger partial charge in [-0.05, 0) is 36.4 Å². The molecule has 34 heavy (non-hydrogen) atoms. The predicted octanol–water partition coefficient (Wildman–Crippen LogP) is 3.87. The van der Waals surface area contributed by atoms with E-state index >= 15 is 0 Å². The van der Waals surface area contributed by atoms with Gasteiger partial charge in [0, 0.05) is 12.1 Å². The maximum atomic E-state index is 13.3. The van der Waals surface area contributed by atoms with Gasteiger partial charge >= 0.3 is 5.97 Å². The van der Waals surface area contributed by atoms with Crippen molar-refractivity contribution < 1.29 is 27.7 Å². The van der Waals surface area contributed by atoms with E-state index in [-0.39, 0.29) is 32.5 Å². The second kappa shape index (κ2) is 10.3. The number of carbonyl (C=O) groups excluding carboxylic acids is 2. The number of hydrogen-bond donors (Lipinski definition) is 1. The molecule has 176 valence electrons. The minimum atomic E-state index is -4.28. The first kappa shape index (κ1) is 24.7. The molecule has 0 radical (unpaired) electrons. The van der Waals surface area contributed by atoms with Gasteiger partial charge in [0.2, 0.25) is 5.91 Å². The molecule has 0 aliphatic heterocycles. The first-order valence-electron chi connectivity index (χ1n) is 9.63. The number of nitrogens with zero attached hydrogens (tertiary/aromatic N) is 2. The molecule has 3 aromatic carbocycles. The summed E-state index contributed by atoms with van der Waals surface area (Å²) in [4.78, 5) is 35.1. The van der Waals surface area contributed by atoms with E-state index in [1.807, 2.05) is 0 Å². The van der Waals surface area contributed by atoms with Crippen molar-refractivity contribution in [3.8, 4) is 0 Å². The molecule has 0 fully saturated rings. The topological polar surface area (TPSA) is 136 Å². The van der Waals surface area contributed by atoms with E-state index in [0.717, 1.165) is 10.4 Å². The number of nitro groups is 1. The molecular formula is C22H18ClN3O7S. The summed E-state index contributed by atoms with van der Waals surface area (Å²) in [7, 11) is -3.08. The number of methoxy groups -OCH3 is 1. The number of amides is 1. The zero-order valence-electron chi connectivity index (χ0n) is 17.7. The Labute approximate surface area is 199 Å². The summed E-state index contributed by atoms with van der Waals surface area (Å²) < 4.78 is 32.1. The quantitative estimate of drug-likeness (QED) is 0.280. The minimum Gasteiger partial charge on any atom is -0.465 e. The van der Waals surface area contributed by atoms with Crippen molar-refractivity contribution in [3.05, 3.63) is 93.5 Å². The molecule has 0 spiro atoms. The van der Waals surface area contributed by atoms with E-state index in [0.29, 0.717) is 0 Å². The van der Waals surface area contributed by atoms with Crippen LogP contribution in [0, 0.1) is 10.1 Å². The molecule has 0 unspecified atom stereocenters. The third kappa shape index (κ3) is 5.50. The summed E-state index contributed by atoms with van der Waals surface area (Å²) in [6, 6.07) is 16.3. The summed E-state index contributed by atoms with van der Waals surface area (Å²) in [5.74, 6) is -1.45. The van der Waals surface area contributed by atoms with Gasteiger partial charge < -0.3 is 10.1 Å². The Morgan fingerprint density at radius 2 is 1.76 bits per heavy atom. The summed E-state index contributed by atoms with van der Waals surface area (Å²) in [6.45, 7) is -0.725. The molecule has 1 N–H and O–H groups in total. The van der Waals surface area contributed by atoms with E-state index in [9.17, 15) is 28.1 Å². The Hall–Kier alpha value is -3.96. The SMILES string of the molecule is COC(=O)c1ccc(Cl)c(NC(=O)CN(c2cccc([N+](=O)[O-])c2)S(=O)(=O)c2ccccc2)c1. The van der Waals surface area contributed by atoms with Gasteiger partial charge in [0.15, 0.2) is 0 Å². The fourth-order valence-electron chi connectivity index (χ4n) is 2.98. The number of benzene rings is 3. The second-order valence-electron chi connectivity index (χ2n) is 6.84. The molecule has 1 amide bonds. The van der Waals surface area contributed by atoms with Crippen LogP contribution in [0.2, 0.25) is 5.02 Å². The molecule has 0 heterocycles. The van der Waals surface area contributed by atoms with Crippen LogP contribution >= 0.6 is 11.6 Å². The maximum Gasteiger partial charge on any atom is 0.337 e. The number of hydrogen-bond acceptors (Lipinski definition) is 7. The number of ether oxygens (including phenoxy) is 1. The summed E-state index contributed by atoms with van der Waals surface area (Å²) in [6.07, 6.45) is 0. The number of sulfonamides is 1. The number of non-ortho nitro benzene ring substituents is 1. The van der Waals surface area contributed by atoms with Gasteiger partial charge in [-0.15, -0.1) is 0 Å². The van der Waals surface area contributed by atoms with Crippen LogP contribution in [0.15, 0.2) is 77.7 Å². The fourth-order valence-corrected chi connectivity index (χ4v) is 4.58. The van der Waals surface area contributed by atoms with Crippen molar-refractivity contribution in [2.45, 2.75) is 4.90 Å². The van der Waals surface area contributed by atoms with E-state index in [1.54, 1.807) is 6.07 Å². The van der Waals surface area contributed by atoms with E-state index in [2.05, 4.69) is 10.1 Å². The third-order valence-electron chi connectivity index (χ3n) is 4.61. The van der Waals surface area contributed by atoms with Crippen LogP contribution < -0.4 is 9.62 Å². The molecule has 0 aliphatic rings. The second-order valence-corrected chi connectivity index (χ2v) is 9.11. The van der Waals surface area contributed by atoms with Gasteiger partial charge in [0.25, 0.3) is 15.7 Å². The summed E-state index contributed by atoms with van der Waals surface area (Å²) in [5.41, 5.74) is -0.247. The van der Waals surface area contributed by atoms with Gasteiger partial charge in [0.1, 0.15) is 6.54 Å². The highest BCUT2D eigenvalue weighted by Crippen LogP contribution is 2.28. The third-order valence-corrected chi connectivity index (χ3v) is 6.73. The number of halogens is 1. The highest BCUT2D eigenvalue weighted by atomic mass is 35.5. The van der Waals surface area contributed by atoms with Gasteiger partial charge in [-0.2, -0.15) is 0 Å². The standard InChI is InChI=1S/C22H18ClN3O7S/c1-33-22(28)15-10-11-19(23)20(12-15)24-21(27)14-25(16-6-5-7-17(13-16)26(29)30)34(31,32)18-8-3-2-4-9-18/h2-13H,14H2,1H3,(H,24,27). The van der Waals surface area contributed by atoms with Crippen molar-refractivity contribution in [1.29, 1.82) is 0 Å². The van der Waals surface area contributed by atoms with Crippen LogP contribution in [0.4, 0.5) is 17.1 Å². The lowest BCUT2D eigenvalue weighted by Crippen LogP contribution is -2.38. The first-order valence-corrected chi connectivity index (χ1v) is 11.4. The molecule has 0 bridgehead atoms. The monoisotopic (exact) mass is 503 g/mol. The number of anilines is 2. The number of nitro benzene ring substituents is 1. The molecule has 0 saturated heterocycles. The van der Waals surface area contributed by atoms with Gasteiger partial charge in [0.05, 0.1) is 38.9 Å². The highest BCUT2D eigenvalue weighted by Gasteiger charge is 2.28. The van der Waals surface area contributed by atoms with Crippen molar-refractivity contribution in [2.75, 3.05) is 23.3 Å². The van der Waals surface area contributed by atoms with Crippen molar-refractivity contribution in [3.63, 3.8) is 0 Å². The highest BCUT2D eigenvalue weighted by molar-refractivity contribution is 7.92. The van der Waals surface area contributed by atoms with Gasteiger partial charge in [-0.25, -0.2) is 13.2 Å². The van der Waals surface area contributed by atoms with Crippen LogP contribution in [0.3, 0.4) is 0 Å². The molecule has 3 rings (SSSR count). The molecular weight excluding hydrogens is 486 g/mol. The number of esters is 1. The summed E-state index contributed by atoms with van der Waals surface area (Å²) in [5, 5.41) is 13.8. The Bertz CT molecular complexity index is 1350. The smallest absolute Gasteiger partial charge is 0.337 e. The zero-order chi connectivity index (χ0) is 24.9. The van der Waals surface area contributed by atoms with Crippen LogP contribution in [-0.4, -0.2) is 38.9 Å². The normalized spacial score (nSPS) is 10.9. The zero-order valence-corrected chi connectivity index (χ0v) is 19.2. The molecule has 0 aliphatic carbocycles. The van der Waals surface area contributed by atoms with Crippen LogP contribution in [0.1, 0.15) is 10.4 Å². The molecule has 3 aromatic rings. The van der Waals surface area contributed by atoms with Gasteiger partial charge in [-0.3, -0.25) is 19.2 Å². The lowest BCUT2D eigenvalue weighted by atomic mass is 10.2. The van der Waals surface area contributed by atoms with E-state index in [4.69, 9.17) is 11.6 Å². The van der Waals surface area contributed by atoms with Crippen molar-refractivity contribution in [1.82, 2.24) is 0 Å². The van der Waals surface area contributed by atoms with Crippen molar-refractivity contribution >= 4 is 50.6 Å². The van der Waals surface area contributed by atoms with E-state index in [1.165, 1.54) is 67.8 Å². The van der Waals surface area contributed by atoms with Crippen LogP contribution in [-0.2, 0) is 19.6 Å². The largest absolute Gasteiger partial charge is 0.465 e. The molecule has 12 heteroatoms. The molecule has 0 atom stereocenters. The number of rotatable bonds is 8. The number of nitrogens with one attached hydrogen (secondary N) is 1. The van der Waals surface area contributed by atoms with Crippen molar-refractivity contribution in [2.24, 2.45) is 0 Å². The Kier molecular flexibility index (Phi) is 7.49. The maximum absolute atomic E-state index is 13.3. The molecule has 0 aromatic heterocycles. The van der Waals surface area contributed by atoms with Crippen LogP contribution in [0.25, 0.3) is 0 Å². The Balaban J connectivity index is 1.98. The number of carbonyl (C=O) groups is 2. The van der Waals surface area contributed by atoms with Crippen LogP contribution in [0.5, 0.6) is 0 Å². The average Bonchev–Trinajstić information content (AvgIpc) is 2.84. The minimum absolute atomic E-state index is 0.0608. The van der Waals surface area contributed by atoms with Gasteiger partial charge in [-0.1, -0.05) is 35.9 Å². The Morgan fingerprint density at radius 1 is 1.06 bits per heavy atom. The lowest BCUT2D eigenvalue weighted by molar-refractivity contribution is -0.384. The lowest BCUT2D eigenvalue weighted by Gasteiger charge is -2.24. The average molecular weight is 504 g/mol. The summed E-state index contributed by atoms with van der Waals surface area (Å²) >= 11 is 6.11. The molecule has 10 nitrogen and oxygen atoms in total. The fraction of sp³-hybridized carbons (Fsp3) is 0.0909. The first-order chi connectivity index (χ1) is 16.1. The Morgan fingerprint density at radius 3 is 2.41 bits per heavy atom. The predicted molar refractivity (Wildman–Crippen MR) is 125 cm³/mol.